The average Bonchev–Trinajstić information content (AvgIpc) is 2.47. The molecule has 0 radical (unpaired) electrons. The van der Waals surface area contributed by atoms with Gasteiger partial charge in [-0.3, -0.25) is 0 Å². The van der Waals surface area contributed by atoms with E-state index in [1.807, 2.05) is 24.3 Å². The third kappa shape index (κ3) is 6.48. The number of hydrogen-bond acceptors (Lipinski definition) is 3. The van der Waals surface area contributed by atoms with E-state index in [4.69, 9.17) is 9.47 Å². The highest BCUT2D eigenvalue weighted by molar-refractivity contribution is 5.31. The zero-order chi connectivity index (χ0) is 13.9. The molecule has 1 rings (SSSR count). The molecule has 3 nitrogen and oxygen atoms in total. The van der Waals surface area contributed by atoms with Gasteiger partial charge in [0.2, 0.25) is 0 Å². The predicted octanol–water partition coefficient (Wildman–Crippen LogP) is 3.59. The Bertz CT molecular complexity index is 320. The Balaban J connectivity index is 2.07. The van der Waals surface area contributed by atoms with E-state index in [0.29, 0.717) is 0 Å². The number of rotatable bonds is 10. The number of unbranched alkanes of at least 4 members (excludes halogenated alkanes) is 2. The van der Waals surface area contributed by atoms with E-state index >= 15 is 0 Å². The minimum atomic E-state index is 0.796. The first-order valence-electron chi connectivity index (χ1n) is 7.29. The standard InChI is InChI=1S/C16H27NO2/c1-4-17(5-2)13-7-6-8-14-19-16-11-9-15(18-3)10-12-16/h9-12H,4-8,13-14H2,1-3H3. The minimum absolute atomic E-state index is 0.796. The Morgan fingerprint density at radius 2 is 1.53 bits per heavy atom. The van der Waals surface area contributed by atoms with Gasteiger partial charge in [-0.05, 0) is 63.2 Å². The molecule has 0 amide bonds. The highest BCUT2D eigenvalue weighted by atomic mass is 16.5. The van der Waals surface area contributed by atoms with Gasteiger partial charge in [-0.2, -0.15) is 0 Å². The Hall–Kier alpha value is -1.22. The van der Waals surface area contributed by atoms with E-state index in [-0.39, 0.29) is 0 Å². The van der Waals surface area contributed by atoms with Gasteiger partial charge in [-0.25, -0.2) is 0 Å². The molecule has 0 aliphatic rings. The molecule has 1 aromatic carbocycles. The summed E-state index contributed by atoms with van der Waals surface area (Å²) < 4.78 is 10.8. The molecule has 19 heavy (non-hydrogen) atoms. The summed E-state index contributed by atoms with van der Waals surface area (Å²) in [5.41, 5.74) is 0. The van der Waals surface area contributed by atoms with Gasteiger partial charge >= 0.3 is 0 Å². The maximum Gasteiger partial charge on any atom is 0.119 e. The second kappa shape index (κ2) is 9.68. The third-order valence-corrected chi connectivity index (χ3v) is 3.34. The van der Waals surface area contributed by atoms with Crippen molar-refractivity contribution < 1.29 is 9.47 Å². The minimum Gasteiger partial charge on any atom is -0.497 e. The molecule has 0 unspecified atom stereocenters. The molecule has 1 aromatic rings. The van der Waals surface area contributed by atoms with Crippen molar-refractivity contribution in [3.63, 3.8) is 0 Å². The molecule has 0 aliphatic heterocycles. The summed E-state index contributed by atoms with van der Waals surface area (Å²) in [6.45, 7) is 8.74. The zero-order valence-electron chi connectivity index (χ0n) is 12.5. The van der Waals surface area contributed by atoms with Crippen LogP contribution in [0.3, 0.4) is 0 Å². The third-order valence-electron chi connectivity index (χ3n) is 3.34. The van der Waals surface area contributed by atoms with Crippen molar-refractivity contribution in [1.82, 2.24) is 4.90 Å². The fraction of sp³-hybridized carbons (Fsp3) is 0.625. The van der Waals surface area contributed by atoms with Gasteiger partial charge in [0, 0.05) is 0 Å². The van der Waals surface area contributed by atoms with Crippen LogP contribution in [0.5, 0.6) is 11.5 Å². The van der Waals surface area contributed by atoms with Gasteiger partial charge in [0.1, 0.15) is 11.5 Å². The van der Waals surface area contributed by atoms with Gasteiger partial charge < -0.3 is 14.4 Å². The van der Waals surface area contributed by atoms with E-state index in [9.17, 15) is 0 Å². The maximum atomic E-state index is 5.70. The number of methoxy groups -OCH3 is 1. The van der Waals surface area contributed by atoms with Gasteiger partial charge in [-0.15, -0.1) is 0 Å². The predicted molar refractivity (Wildman–Crippen MR) is 80.1 cm³/mol. The molecule has 0 fully saturated rings. The van der Waals surface area contributed by atoms with Gasteiger partial charge in [0.05, 0.1) is 13.7 Å². The van der Waals surface area contributed by atoms with Gasteiger partial charge in [0.15, 0.2) is 0 Å². The molecule has 0 saturated heterocycles. The topological polar surface area (TPSA) is 21.7 Å². The highest BCUT2D eigenvalue weighted by Gasteiger charge is 1.99. The fourth-order valence-electron chi connectivity index (χ4n) is 2.02. The lowest BCUT2D eigenvalue weighted by Gasteiger charge is -2.17. The molecule has 0 heterocycles. The average molecular weight is 265 g/mol. The summed E-state index contributed by atoms with van der Waals surface area (Å²) in [5, 5.41) is 0. The normalized spacial score (nSPS) is 10.7. The summed E-state index contributed by atoms with van der Waals surface area (Å²) >= 11 is 0. The van der Waals surface area contributed by atoms with Crippen molar-refractivity contribution in [3.05, 3.63) is 24.3 Å². The molecule has 0 atom stereocenters. The van der Waals surface area contributed by atoms with Crippen LogP contribution in [0.15, 0.2) is 24.3 Å². The van der Waals surface area contributed by atoms with Gasteiger partial charge in [0.25, 0.3) is 0 Å². The number of benzene rings is 1. The first-order chi connectivity index (χ1) is 9.30. The second-order valence-electron chi connectivity index (χ2n) is 4.61. The Morgan fingerprint density at radius 1 is 0.895 bits per heavy atom. The highest BCUT2D eigenvalue weighted by Crippen LogP contribution is 2.17. The van der Waals surface area contributed by atoms with Crippen LogP contribution in [0.4, 0.5) is 0 Å². The lowest BCUT2D eigenvalue weighted by molar-refractivity contribution is 0.277. The van der Waals surface area contributed by atoms with Crippen molar-refractivity contribution in [2.75, 3.05) is 33.4 Å². The molecule has 0 saturated carbocycles. The Labute approximate surface area is 117 Å². The van der Waals surface area contributed by atoms with Crippen LogP contribution >= 0.6 is 0 Å². The summed E-state index contributed by atoms with van der Waals surface area (Å²) in [4.78, 5) is 2.46. The van der Waals surface area contributed by atoms with Crippen LogP contribution in [0.2, 0.25) is 0 Å². The Kier molecular flexibility index (Phi) is 8.07. The van der Waals surface area contributed by atoms with Gasteiger partial charge in [-0.1, -0.05) is 13.8 Å². The largest absolute Gasteiger partial charge is 0.497 e. The van der Waals surface area contributed by atoms with E-state index in [1.165, 1.54) is 19.4 Å². The SMILES string of the molecule is CCN(CC)CCCCCOc1ccc(OC)cc1. The summed E-state index contributed by atoms with van der Waals surface area (Å²) in [7, 11) is 1.67. The first-order valence-corrected chi connectivity index (χ1v) is 7.29. The maximum absolute atomic E-state index is 5.70. The second-order valence-corrected chi connectivity index (χ2v) is 4.61. The zero-order valence-corrected chi connectivity index (χ0v) is 12.5. The van der Waals surface area contributed by atoms with Crippen LogP contribution in [0, 0.1) is 0 Å². The monoisotopic (exact) mass is 265 g/mol. The summed E-state index contributed by atoms with van der Waals surface area (Å²) in [6.07, 6.45) is 3.60. The molecule has 0 N–H and O–H groups in total. The summed E-state index contributed by atoms with van der Waals surface area (Å²) in [5.74, 6) is 1.79. The molecule has 0 bridgehead atoms. The van der Waals surface area contributed by atoms with Crippen LogP contribution in [-0.4, -0.2) is 38.3 Å². The van der Waals surface area contributed by atoms with Crippen LogP contribution in [0.1, 0.15) is 33.1 Å². The smallest absolute Gasteiger partial charge is 0.119 e. The van der Waals surface area contributed by atoms with E-state index in [0.717, 1.165) is 37.6 Å². The van der Waals surface area contributed by atoms with Crippen LogP contribution < -0.4 is 9.47 Å². The molecule has 0 spiro atoms. The lowest BCUT2D eigenvalue weighted by Crippen LogP contribution is -2.23. The quantitative estimate of drug-likeness (QED) is 0.603. The molecule has 0 aromatic heterocycles. The van der Waals surface area contributed by atoms with Crippen LogP contribution in [0.25, 0.3) is 0 Å². The number of ether oxygens (including phenoxy) is 2. The summed E-state index contributed by atoms with van der Waals surface area (Å²) in [6, 6.07) is 7.76. The number of nitrogens with zero attached hydrogens (tertiary/aromatic N) is 1. The molecular formula is C16H27NO2. The fourth-order valence-corrected chi connectivity index (χ4v) is 2.02. The van der Waals surface area contributed by atoms with E-state index in [1.54, 1.807) is 7.11 Å². The van der Waals surface area contributed by atoms with Crippen molar-refractivity contribution in [1.29, 1.82) is 0 Å². The van der Waals surface area contributed by atoms with Crippen LogP contribution in [-0.2, 0) is 0 Å². The number of hydrogen-bond donors (Lipinski definition) is 0. The molecule has 0 aliphatic carbocycles. The van der Waals surface area contributed by atoms with Crippen molar-refractivity contribution >= 4 is 0 Å². The first kappa shape index (κ1) is 15.8. The van der Waals surface area contributed by atoms with E-state index in [2.05, 4.69) is 18.7 Å². The molecule has 3 heteroatoms. The van der Waals surface area contributed by atoms with Crippen molar-refractivity contribution in [2.45, 2.75) is 33.1 Å². The van der Waals surface area contributed by atoms with Crippen molar-refractivity contribution in [3.8, 4) is 11.5 Å². The van der Waals surface area contributed by atoms with Crippen molar-refractivity contribution in [2.24, 2.45) is 0 Å². The van der Waals surface area contributed by atoms with E-state index < -0.39 is 0 Å². The lowest BCUT2D eigenvalue weighted by atomic mass is 10.2. The molecule has 108 valence electrons. The Morgan fingerprint density at radius 3 is 2.11 bits per heavy atom. The molecular weight excluding hydrogens is 238 g/mol.